The van der Waals surface area contributed by atoms with Crippen LogP contribution in [-0.2, 0) is 0 Å². The SMILES string of the molecule is CCOc1ccc2c(C(=O)N3C[C@@H]4C3CCCN4C)nsc2c1. The predicted octanol–water partition coefficient (Wildman–Crippen LogP) is 2.61. The number of likely N-dealkylation sites (N-methyl/N-ethyl adjacent to an activating group) is 1. The smallest absolute Gasteiger partial charge is 0.274 e. The third-order valence-corrected chi connectivity index (χ3v) is 5.83. The molecule has 1 aromatic carbocycles. The zero-order valence-electron chi connectivity index (χ0n) is 13.5. The van der Waals surface area contributed by atoms with Gasteiger partial charge in [0.15, 0.2) is 0 Å². The maximum Gasteiger partial charge on any atom is 0.274 e. The third kappa shape index (κ3) is 2.40. The Hall–Kier alpha value is -1.66. The van der Waals surface area contributed by atoms with Gasteiger partial charge in [0.25, 0.3) is 5.91 Å². The monoisotopic (exact) mass is 331 g/mol. The summed E-state index contributed by atoms with van der Waals surface area (Å²) in [7, 11) is 2.16. The third-order valence-electron chi connectivity index (χ3n) is 5.02. The fourth-order valence-corrected chi connectivity index (χ4v) is 4.52. The fraction of sp³-hybridized carbons (Fsp3) is 0.529. The molecule has 1 aromatic heterocycles. The highest BCUT2D eigenvalue weighted by Crippen LogP contribution is 2.34. The summed E-state index contributed by atoms with van der Waals surface area (Å²) in [6.45, 7) is 4.58. The van der Waals surface area contributed by atoms with Crippen LogP contribution in [0.3, 0.4) is 0 Å². The molecule has 2 aromatic rings. The second-order valence-electron chi connectivity index (χ2n) is 6.34. The standard InChI is InChI=1S/C17H21N3O2S/c1-3-22-11-6-7-12-15(9-11)23-18-16(12)17(21)20-10-14-13(20)5-4-8-19(14)2/h6-7,9,13-14H,3-5,8,10H2,1-2H3/t13?,14-/m1/s1. The molecular formula is C17H21N3O2S. The first-order valence-electron chi connectivity index (χ1n) is 8.22. The first-order chi connectivity index (χ1) is 11.2. The molecule has 0 saturated carbocycles. The van der Waals surface area contributed by atoms with Crippen LogP contribution in [0.5, 0.6) is 5.75 Å². The summed E-state index contributed by atoms with van der Waals surface area (Å²) in [5.74, 6) is 0.914. The highest BCUT2D eigenvalue weighted by molar-refractivity contribution is 7.13. The van der Waals surface area contributed by atoms with Gasteiger partial charge in [-0.05, 0) is 63.1 Å². The Kier molecular flexibility index (Phi) is 3.73. The lowest BCUT2D eigenvalue weighted by molar-refractivity contribution is -0.0312. The number of fused-ring (bicyclic) bond motifs is 2. The molecule has 0 bridgehead atoms. The number of nitrogens with zero attached hydrogens (tertiary/aromatic N) is 3. The fourth-order valence-electron chi connectivity index (χ4n) is 3.72. The van der Waals surface area contributed by atoms with E-state index < -0.39 is 0 Å². The van der Waals surface area contributed by atoms with Crippen molar-refractivity contribution in [1.82, 2.24) is 14.2 Å². The maximum absolute atomic E-state index is 12.9. The number of amides is 1. The van der Waals surface area contributed by atoms with Crippen molar-refractivity contribution >= 4 is 27.5 Å². The molecule has 2 aliphatic heterocycles. The van der Waals surface area contributed by atoms with Crippen molar-refractivity contribution in [3.8, 4) is 5.75 Å². The quantitative estimate of drug-likeness (QED) is 0.867. The van der Waals surface area contributed by atoms with Crippen LogP contribution in [0.25, 0.3) is 10.1 Å². The number of ether oxygens (including phenoxy) is 1. The van der Waals surface area contributed by atoms with E-state index >= 15 is 0 Å². The summed E-state index contributed by atoms with van der Waals surface area (Å²) in [5, 5.41) is 0.941. The average Bonchev–Trinajstić information content (AvgIpc) is 2.93. The Morgan fingerprint density at radius 3 is 3.13 bits per heavy atom. The Morgan fingerprint density at radius 2 is 2.30 bits per heavy atom. The zero-order chi connectivity index (χ0) is 16.0. The number of benzene rings is 1. The van der Waals surface area contributed by atoms with E-state index in [9.17, 15) is 4.79 Å². The number of carbonyl (C=O) groups is 1. The molecule has 2 fully saturated rings. The largest absolute Gasteiger partial charge is 0.494 e. The van der Waals surface area contributed by atoms with Crippen LogP contribution in [-0.4, -0.2) is 58.9 Å². The number of hydrogen-bond acceptors (Lipinski definition) is 5. The van der Waals surface area contributed by atoms with Crippen LogP contribution in [0.15, 0.2) is 18.2 Å². The molecule has 5 nitrogen and oxygen atoms in total. The molecule has 0 spiro atoms. The molecule has 6 heteroatoms. The van der Waals surface area contributed by atoms with E-state index in [-0.39, 0.29) is 5.91 Å². The normalized spacial score (nSPS) is 24.3. The summed E-state index contributed by atoms with van der Waals surface area (Å²) >= 11 is 1.38. The molecule has 1 unspecified atom stereocenters. The van der Waals surface area contributed by atoms with Gasteiger partial charge in [-0.1, -0.05) is 0 Å². The number of hydrogen-bond donors (Lipinski definition) is 0. The summed E-state index contributed by atoms with van der Waals surface area (Å²) in [5.41, 5.74) is 0.597. The summed E-state index contributed by atoms with van der Waals surface area (Å²) in [6.07, 6.45) is 2.27. The van der Waals surface area contributed by atoms with E-state index in [2.05, 4.69) is 16.3 Å². The number of rotatable bonds is 3. The van der Waals surface area contributed by atoms with Crippen LogP contribution in [0, 0.1) is 0 Å². The molecule has 2 atom stereocenters. The highest BCUT2D eigenvalue weighted by Gasteiger charge is 2.46. The van der Waals surface area contributed by atoms with Crippen molar-refractivity contribution in [2.75, 3.05) is 26.7 Å². The van der Waals surface area contributed by atoms with Crippen LogP contribution < -0.4 is 4.74 Å². The molecule has 1 amide bonds. The van der Waals surface area contributed by atoms with Crippen molar-refractivity contribution in [2.24, 2.45) is 0 Å². The number of likely N-dealkylation sites (tertiary alicyclic amines) is 2. The van der Waals surface area contributed by atoms with E-state index in [1.807, 2.05) is 30.0 Å². The molecule has 23 heavy (non-hydrogen) atoms. The molecule has 4 rings (SSSR count). The van der Waals surface area contributed by atoms with Gasteiger partial charge in [0.1, 0.15) is 11.4 Å². The summed E-state index contributed by atoms with van der Waals surface area (Å²) in [4.78, 5) is 17.3. The van der Waals surface area contributed by atoms with Gasteiger partial charge in [-0.25, -0.2) is 0 Å². The van der Waals surface area contributed by atoms with Gasteiger partial charge in [-0.15, -0.1) is 0 Å². The Morgan fingerprint density at radius 1 is 1.43 bits per heavy atom. The van der Waals surface area contributed by atoms with Crippen LogP contribution in [0.2, 0.25) is 0 Å². The molecular weight excluding hydrogens is 310 g/mol. The van der Waals surface area contributed by atoms with Gasteiger partial charge in [-0.3, -0.25) is 9.69 Å². The average molecular weight is 331 g/mol. The minimum absolute atomic E-state index is 0.0805. The van der Waals surface area contributed by atoms with Gasteiger partial charge in [0.05, 0.1) is 11.3 Å². The van der Waals surface area contributed by atoms with E-state index in [0.717, 1.165) is 41.8 Å². The van der Waals surface area contributed by atoms with E-state index in [4.69, 9.17) is 4.74 Å². The van der Waals surface area contributed by atoms with Crippen molar-refractivity contribution < 1.29 is 9.53 Å². The lowest BCUT2D eigenvalue weighted by Gasteiger charge is -2.54. The lowest BCUT2D eigenvalue weighted by atomic mass is 9.86. The van der Waals surface area contributed by atoms with Gasteiger partial charge in [0.2, 0.25) is 0 Å². The van der Waals surface area contributed by atoms with Gasteiger partial charge < -0.3 is 9.64 Å². The van der Waals surface area contributed by atoms with Crippen molar-refractivity contribution in [2.45, 2.75) is 31.8 Å². The van der Waals surface area contributed by atoms with Gasteiger partial charge in [-0.2, -0.15) is 4.37 Å². The minimum atomic E-state index is 0.0805. The Labute approximate surface area is 140 Å². The molecule has 0 radical (unpaired) electrons. The van der Waals surface area contributed by atoms with E-state index in [1.54, 1.807) is 0 Å². The van der Waals surface area contributed by atoms with Crippen molar-refractivity contribution in [3.05, 3.63) is 23.9 Å². The second-order valence-corrected chi connectivity index (χ2v) is 7.14. The van der Waals surface area contributed by atoms with Crippen LogP contribution in [0.4, 0.5) is 0 Å². The molecule has 122 valence electrons. The van der Waals surface area contributed by atoms with Gasteiger partial charge >= 0.3 is 0 Å². The van der Waals surface area contributed by atoms with Gasteiger partial charge in [0, 0.05) is 24.0 Å². The topological polar surface area (TPSA) is 45.7 Å². The molecule has 0 N–H and O–H groups in total. The Balaban J connectivity index is 1.58. The zero-order valence-corrected chi connectivity index (χ0v) is 14.3. The first kappa shape index (κ1) is 14.9. The number of piperidine rings is 1. The molecule has 2 aliphatic rings. The lowest BCUT2D eigenvalue weighted by Crippen LogP contribution is -2.69. The maximum atomic E-state index is 12.9. The molecule has 3 heterocycles. The van der Waals surface area contributed by atoms with Crippen LogP contribution >= 0.6 is 11.5 Å². The van der Waals surface area contributed by atoms with E-state index in [1.165, 1.54) is 11.5 Å². The second kappa shape index (κ2) is 5.76. The first-order valence-corrected chi connectivity index (χ1v) is 9.00. The highest BCUT2D eigenvalue weighted by atomic mass is 32.1. The van der Waals surface area contributed by atoms with E-state index in [0.29, 0.717) is 24.4 Å². The number of carbonyl (C=O) groups excluding carboxylic acids is 1. The minimum Gasteiger partial charge on any atom is -0.494 e. The Bertz CT molecular complexity index is 745. The predicted molar refractivity (Wildman–Crippen MR) is 91.3 cm³/mol. The number of aromatic nitrogens is 1. The summed E-state index contributed by atoms with van der Waals surface area (Å²) < 4.78 is 11.0. The molecule has 0 aliphatic carbocycles. The van der Waals surface area contributed by atoms with Crippen molar-refractivity contribution in [1.29, 1.82) is 0 Å². The molecule has 2 saturated heterocycles. The van der Waals surface area contributed by atoms with Crippen LogP contribution in [0.1, 0.15) is 30.3 Å². The van der Waals surface area contributed by atoms with Crippen molar-refractivity contribution in [3.63, 3.8) is 0 Å². The summed E-state index contributed by atoms with van der Waals surface area (Å²) in [6, 6.07) is 6.74.